The van der Waals surface area contributed by atoms with Crippen molar-refractivity contribution in [1.82, 2.24) is 5.32 Å². The van der Waals surface area contributed by atoms with Crippen LogP contribution in [0.2, 0.25) is 5.02 Å². The maximum Gasteiger partial charge on any atom is 0.252 e. The molecule has 0 fully saturated rings. The molecule has 0 saturated carbocycles. The van der Waals surface area contributed by atoms with E-state index in [1.54, 1.807) is 25.2 Å². The molecule has 25 heavy (non-hydrogen) atoms. The third kappa shape index (κ3) is 4.73. The molecular formula is C19H22ClN3O2. The van der Waals surface area contributed by atoms with Gasteiger partial charge in [-0.05, 0) is 42.7 Å². The monoisotopic (exact) mass is 359 g/mol. The summed E-state index contributed by atoms with van der Waals surface area (Å²) in [4.78, 5) is 23.9. The van der Waals surface area contributed by atoms with Crippen molar-refractivity contribution in [3.63, 3.8) is 0 Å². The molecule has 2 aromatic rings. The van der Waals surface area contributed by atoms with E-state index in [9.17, 15) is 9.59 Å². The normalized spacial score (nSPS) is 10.2. The number of halogens is 1. The summed E-state index contributed by atoms with van der Waals surface area (Å²) in [5, 5.41) is 8.83. The highest BCUT2D eigenvalue weighted by Crippen LogP contribution is 2.22. The predicted octanol–water partition coefficient (Wildman–Crippen LogP) is 3.62. The summed E-state index contributed by atoms with van der Waals surface area (Å²) < 4.78 is 0. The third-order valence-electron chi connectivity index (χ3n) is 3.90. The van der Waals surface area contributed by atoms with E-state index in [4.69, 9.17) is 11.6 Å². The minimum absolute atomic E-state index is 0.104. The molecule has 0 aliphatic heterocycles. The maximum atomic E-state index is 12.2. The highest BCUT2D eigenvalue weighted by Gasteiger charge is 2.11. The number of hydrogen-bond donors (Lipinski definition) is 3. The summed E-state index contributed by atoms with van der Waals surface area (Å²) >= 11 is 6.11. The van der Waals surface area contributed by atoms with E-state index < -0.39 is 0 Å². The van der Waals surface area contributed by atoms with Gasteiger partial charge in [0.2, 0.25) is 5.91 Å². The van der Waals surface area contributed by atoms with Gasteiger partial charge in [-0.2, -0.15) is 0 Å². The van der Waals surface area contributed by atoms with Crippen molar-refractivity contribution < 1.29 is 9.59 Å². The first-order valence-electron chi connectivity index (χ1n) is 8.10. The predicted molar refractivity (Wildman–Crippen MR) is 103 cm³/mol. The fraction of sp³-hybridized carbons (Fsp3) is 0.263. The quantitative estimate of drug-likeness (QED) is 0.737. The van der Waals surface area contributed by atoms with Crippen LogP contribution < -0.4 is 16.0 Å². The average Bonchev–Trinajstić information content (AvgIpc) is 2.61. The van der Waals surface area contributed by atoms with Crippen molar-refractivity contribution in [2.24, 2.45) is 0 Å². The number of aryl methyl sites for hydroxylation is 2. The Labute approximate surface area is 152 Å². The second kappa shape index (κ2) is 8.53. The summed E-state index contributed by atoms with van der Waals surface area (Å²) in [6.07, 6.45) is 0.848. The number of rotatable bonds is 6. The lowest BCUT2D eigenvalue weighted by Crippen LogP contribution is -2.23. The molecule has 0 atom stereocenters. The average molecular weight is 360 g/mol. The Balaban J connectivity index is 2.01. The molecule has 0 radical (unpaired) electrons. The lowest BCUT2D eigenvalue weighted by atomic mass is 10.1. The van der Waals surface area contributed by atoms with E-state index in [0.717, 1.165) is 23.2 Å². The molecule has 0 bridgehead atoms. The molecule has 2 rings (SSSR count). The molecular weight excluding hydrogens is 338 g/mol. The molecule has 0 aromatic heterocycles. The smallest absolute Gasteiger partial charge is 0.252 e. The molecule has 2 amide bonds. The number of benzene rings is 2. The first kappa shape index (κ1) is 18.8. The van der Waals surface area contributed by atoms with E-state index in [-0.39, 0.29) is 18.4 Å². The summed E-state index contributed by atoms with van der Waals surface area (Å²) in [7, 11) is 1.55. The molecule has 0 unspecified atom stereocenters. The Hall–Kier alpha value is -2.53. The molecule has 3 N–H and O–H groups in total. The van der Waals surface area contributed by atoms with Gasteiger partial charge >= 0.3 is 0 Å². The summed E-state index contributed by atoms with van der Waals surface area (Å²) in [6, 6.07) is 10.9. The van der Waals surface area contributed by atoms with Gasteiger partial charge in [0.15, 0.2) is 0 Å². The van der Waals surface area contributed by atoms with Crippen LogP contribution in [-0.4, -0.2) is 25.4 Å². The number of anilines is 2. The van der Waals surface area contributed by atoms with Gasteiger partial charge in [0.25, 0.3) is 5.91 Å². The topological polar surface area (TPSA) is 70.2 Å². The molecule has 6 heteroatoms. The van der Waals surface area contributed by atoms with Gasteiger partial charge in [-0.1, -0.05) is 36.7 Å². The molecule has 2 aromatic carbocycles. The van der Waals surface area contributed by atoms with Crippen molar-refractivity contribution in [2.45, 2.75) is 20.3 Å². The van der Waals surface area contributed by atoms with E-state index >= 15 is 0 Å². The zero-order chi connectivity index (χ0) is 18.4. The molecule has 132 valence electrons. The van der Waals surface area contributed by atoms with Crippen molar-refractivity contribution in [3.05, 3.63) is 58.1 Å². The second-order valence-electron chi connectivity index (χ2n) is 5.64. The molecule has 0 aliphatic carbocycles. The Morgan fingerprint density at radius 2 is 1.92 bits per heavy atom. The molecule has 0 saturated heterocycles. The lowest BCUT2D eigenvalue weighted by Gasteiger charge is -2.14. The van der Waals surface area contributed by atoms with E-state index in [1.165, 1.54) is 0 Å². The first-order chi connectivity index (χ1) is 12.0. The van der Waals surface area contributed by atoms with Crippen LogP contribution in [0.3, 0.4) is 0 Å². The van der Waals surface area contributed by atoms with Crippen LogP contribution in [-0.2, 0) is 11.2 Å². The number of carbonyl (C=O) groups is 2. The zero-order valence-corrected chi connectivity index (χ0v) is 15.3. The highest BCUT2D eigenvalue weighted by molar-refractivity contribution is 6.34. The zero-order valence-electron chi connectivity index (χ0n) is 14.6. The highest BCUT2D eigenvalue weighted by atomic mass is 35.5. The number of amides is 2. The number of hydrogen-bond acceptors (Lipinski definition) is 3. The fourth-order valence-electron chi connectivity index (χ4n) is 2.51. The summed E-state index contributed by atoms with van der Waals surface area (Å²) in [6.45, 7) is 4.13. The fourth-order valence-corrected chi connectivity index (χ4v) is 2.78. The van der Waals surface area contributed by atoms with Crippen molar-refractivity contribution in [2.75, 3.05) is 24.2 Å². The molecule has 0 heterocycles. The van der Waals surface area contributed by atoms with Gasteiger partial charge < -0.3 is 16.0 Å². The van der Waals surface area contributed by atoms with Crippen LogP contribution >= 0.6 is 11.6 Å². The largest absolute Gasteiger partial charge is 0.376 e. The van der Waals surface area contributed by atoms with Crippen molar-refractivity contribution in [3.8, 4) is 0 Å². The second-order valence-corrected chi connectivity index (χ2v) is 6.05. The Morgan fingerprint density at radius 1 is 1.16 bits per heavy atom. The van der Waals surface area contributed by atoms with Crippen LogP contribution in [0.15, 0.2) is 36.4 Å². The minimum atomic E-state index is -0.249. The van der Waals surface area contributed by atoms with Crippen molar-refractivity contribution in [1.29, 1.82) is 0 Å². The SMILES string of the molecule is CCc1cccc(C)c1NC(=O)CNc1ccc(C(=O)NC)c(Cl)c1. The Morgan fingerprint density at radius 3 is 2.56 bits per heavy atom. The molecule has 0 spiro atoms. The standard InChI is InChI=1S/C19H22ClN3O2/c1-4-13-7-5-6-12(2)18(13)23-17(24)11-22-14-8-9-15(16(20)10-14)19(25)21-3/h5-10,22H,4,11H2,1-3H3,(H,21,25)(H,23,24). The number of para-hydroxylation sites is 1. The van der Waals surface area contributed by atoms with Gasteiger partial charge in [-0.25, -0.2) is 0 Å². The Bertz CT molecular complexity index is 790. The lowest BCUT2D eigenvalue weighted by molar-refractivity contribution is -0.114. The van der Waals surface area contributed by atoms with Gasteiger partial charge in [0, 0.05) is 18.4 Å². The van der Waals surface area contributed by atoms with Crippen LogP contribution in [0.4, 0.5) is 11.4 Å². The van der Waals surface area contributed by atoms with Gasteiger partial charge in [-0.15, -0.1) is 0 Å². The number of nitrogens with one attached hydrogen (secondary N) is 3. The summed E-state index contributed by atoms with van der Waals surface area (Å²) in [5.41, 5.74) is 4.07. The maximum absolute atomic E-state index is 12.2. The molecule has 5 nitrogen and oxygen atoms in total. The Kier molecular flexibility index (Phi) is 6.42. The van der Waals surface area contributed by atoms with Gasteiger partial charge in [0.1, 0.15) is 0 Å². The molecule has 0 aliphatic rings. The van der Waals surface area contributed by atoms with Crippen LogP contribution in [0, 0.1) is 6.92 Å². The van der Waals surface area contributed by atoms with Crippen molar-refractivity contribution >= 4 is 34.8 Å². The van der Waals surface area contributed by atoms with Crippen LogP contribution in [0.1, 0.15) is 28.4 Å². The first-order valence-corrected chi connectivity index (χ1v) is 8.48. The third-order valence-corrected chi connectivity index (χ3v) is 4.21. The summed E-state index contributed by atoms with van der Waals surface area (Å²) in [5.74, 6) is -0.392. The van der Waals surface area contributed by atoms with Gasteiger partial charge in [0.05, 0.1) is 17.1 Å². The van der Waals surface area contributed by atoms with E-state index in [2.05, 4.69) is 22.9 Å². The van der Waals surface area contributed by atoms with Crippen LogP contribution in [0.5, 0.6) is 0 Å². The minimum Gasteiger partial charge on any atom is -0.376 e. The van der Waals surface area contributed by atoms with E-state index in [0.29, 0.717) is 16.3 Å². The number of carbonyl (C=O) groups excluding carboxylic acids is 2. The van der Waals surface area contributed by atoms with Crippen LogP contribution in [0.25, 0.3) is 0 Å². The van der Waals surface area contributed by atoms with Gasteiger partial charge in [-0.3, -0.25) is 9.59 Å². The van der Waals surface area contributed by atoms with E-state index in [1.807, 2.05) is 25.1 Å².